The molecule has 0 spiro atoms. The van der Waals surface area contributed by atoms with Crippen LogP contribution in [-0.4, -0.2) is 25.5 Å². The van der Waals surface area contributed by atoms with Crippen LogP contribution in [0.5, 0.6) is 5.75 Å². The van der Waals surface area contributed by atoms with Crippen LogP contribution in [0.2, 0.25) is 5.02 Å². The van der Waals surface area contributed by atoms with Gasteiger partial charge in [0.2, 0.25) is 0 Å². The summed E-state index contributed by atoms with van der Waals surface area (Å²) >= 11 is 5.97. The molecule has 0 aliphatic carbocycles. The molecule has 2 unspecified atom stereocenters. The number of ketones is 1. The fourth-order valence-corrected chi connectivity index (χ4v) is 2.70. The summed E-state index contributed by atoms with van der Waals surface area (Å²) < 4.78 is 5.26. The Hall–Kier alpha value is -1.06. The van der Waals surface area contributed by atoms with Crippen molar-refractivity contribution in [3.05, 3.63) is 28.8 Å². The zero-order chi connectivity index (χ0) is 13.1. The normalized spacial score (nSPS) is 23.1. The molecule has 98 valence electrons. The van der Waals surface area contributed by atoms with Gasteiger partial charge in [-0.25, -0.2) is 0 Å². The molecule has 1 saturated heterocycles. The Morgan fingerprint density at radius 3 is 2.94 bits per heavy atom. The molecule has 4 heteroatoms. The average molecular weight is 268 g/mol. The van der Waals surface area contributed by atoms with E-state index < -0.39 is 0 Å². The van der Waals surface area contributed by atoms with Crippen molar-refractivity contribution in [1.82, 2.24) is 5.32 Å². The van der Waals surface area contributed by atoms with Crippen molar-refractivity contribution in [2.24, 2.45) is 5.92 Å². The first-order valence-corrected chi connectivity index (χ1v) is 6.58. The summed E-state index contributed by atoms with van der Waals surface area (Å²) in [7, 11) is 1.61. The van der Waals surface area contributed by atoms with Crippen molar-refractivity contribution in [2.45, 2.75) is 25.8 Å². The Bertz CT molecular complexity index is 447. The number of carbonyl (C=O) groups excluding carboxylic acids is 1. The topological polar surface area (TPSA) is 38.3 Å². The van der Waals surface area contributed by atoms with Gasteiger partial charge in [0.15, 0.2) is 0 Å². The van der Waals surface area contributed by atoms with Crippen LogP contribution < -0.4 is 10.1 Å². The van der Waals surface area contributed by atoms with Gasteiger partial charge in [0.05, 0.1) is 7.11 Å². The highest BCUT2D eigenvalue weighted by Gasteiger charge is 2.29. The molecule has 0 aromatic heterocycles. The molecular weight excluding hydrogens is 250 g/mol. The van der Waals surface area contributed by atoms with E-state index in [4.69, 9.17) is 16.3 Å². The predicted octanol–water partition coefficient (Wildman–Crippen LogP) is 2.46. The van der Waals surface area contributed by atoms with E-state index in [1.807, 2.05) is 6.07 Å². The number of halogens is 1. The Morgan fingerprint density at radius 1 is 1.56 bits per heavy atom. The summed E-state index contributed by atoms with van der Waals surface area (Å²) in [5, 5.41) is 3.93. The number of rotatable bonds is 4. The van der Waals surface area contributed by atoms with Gasteiger partial charge in [-0.2, -0.15) is 0 Å². The van der Waals surface area contributed by atoms with Crippen LogP contribution in [0.25, 0.3) is 0 Å². The predicted molar refractivity (Wildman–Crippen MR) is 72.3 cm³/mol. The summed E-state index contributed by atoms with van der Waals surface area (Å²) in [5.41, 5.74) is 0.870. The third-order valence-corrected chi connectivity index (χ3v) is 3.78. The van der Waals surface area contributed by atoms with Crippen LogP contribution in [0.3, 0.4) is 0 Å². The minimum absolute atomic E-state index is 0.105. The van der Waals surface area contributed by atoms with Gasteiger partial charge < -0.3 is 10.1 Å². The summed E-state index contributed by atoms with van der Waals surface area (Å²) in [6.45, 7) is 2.98. The molecule has 3 nitrogen and oxygen atoms in total. The quantitative estimate of drug-likeness (QED) is 0.911. The van der Waals surface area contributed by atoms with Gasteiger partial charge in [0.1, 0.15) is 11.5 Å². The van der Waals surface area contributed by atoms with Crippen molar-refractivity contribution < 1.29 is 9.53 Å². The number of ether oxygens (including phenoxy) is 1. The summed E-state index contributed by atoms with van der Waals surface area (Å²) in [5.74, 6) is 1.09. The number of benzene rings is 1. The van der Waals surface area contributed by atoms with Crippen molar-refractivity contribution in [3.8, 4) is 5.75 Å². The highest BCUT2D eigenvalue weighted by molar-refractivity contribution is 6.30. The molecule has 0 amide bonds. The molecule has 1 fully saturated rings. The largest absolute Gasteiger partial charge is 0.496 e. The van der Waals surface area contributed by atoms with Gasteiger partial charge in [-0.3, -0.25) is 4.79 Å². The lowest BCUT2D eigenvalue weighted by Gasteiger charge is -2.15. The number of nitrogens with one attached hydrogen (secondary N) is 1. The summed E-state index contributed by atoms with van der Waals surface area (Å²) in [4.78, 5) is 12.3. The van der Waals surface area contributed by atoms with E-state index in [1.165, 1.54) is 0 Å². The van der Waals surface area contributed by atoms with Crippen molar-refractivity contribution >= 4 is 17.4 Å². The first-order valence-electron chi connectivity index (χ1n) is 6.20. The van der Waals surface area contributed by atoms with E-state index in [-0.39, 0.29) is 17.7 Å². The number of carbonyl (C=O) groups is 1. The molecule has 18 heavy (non-hydrogen) atoms. The lowest BCUT2D eigenvalue weighted by molar-refractivity contribution is -0.122. The molecule has 1 aromatic rings. The van der Waals surface area contributed by atoms with Crippen LogP contribution in [0, 0.1) is 5.92 Å². The maximum atomic E-state index is 12.3. The number of Topliss-reactive ketones (excluding diaryl/α,β-unsaturated/α-hetero) is 1. The smallest absolute Gasteiger partial charge is 0.142 e. The lowest BCUT2D eigenvalue weighted by Crippen LogP contribution is -2.29. The van der Waals surface area contributed by atoms with Crippen molar-refractivity contribution in [1.29, 1.82) is 0 Å². The van der Waals surface area contributed by atoms with E-state index in [0.29, 0.717) is 11.4 Å². The fraction of sp³-hybridized carbons (Fsp3) is 0.500. The van der Waals surface area contributed by atoms with Gasteiger partial charge in [-0.15, -0.1) is 0 Å². The Kier molecular flexibility index (Phi) is 4.25. The maximum Gasteiger partial charge on any atom is 0.142 e. The van der Waals surface area contributed by atoms with E-state index in [2.05, 4.69) is 12.2 Å². The van der Waals surface area contributed by atoms with E-state index in [0.717, 1.165) is 24.3 Å². The third-order valence-electron chi connectivity index (χ3n) is 3.55. The Balaban J connectivity index is 2.13. The Morgan fingerprint density at radius 2 is 2.33 bits per heavy atom. The lowest BCUT2D eigenvalue weighted by atomic mass is 9.92. The molecule has 2 rings (SSSR count). The fourth-order valence-electron chi connectivity index (χ4n) is 2.50. The van der Waals surface area contributed by atoms with Crippen molar-refractivity contribution in [2.75, 3.05) is 13.7 Å². The molecule has 1 heterocycles. The van der Waals surface area contributed by atoms with Gasteiger partial charge in [-0.1, -0.05) is 11.6 Å². The van der Waals surface area contributed by atoms with Crippen LogP contribution in [0.4, 0.5) is 0 Å². The first-order chi connectivity index (χ1) is 8.61. The van der Waals surface area contributed by atoms with Gasteiger partial charge in [0, 0.05) is 29.0 Å². The van der Waals surface area contributed by atoms with E-state index in [1.54, 1.807) is 19.2 Å². The minimum Gasteiger partial charge on any atom is -0.496 e. The molecule has 2 atom stereocenters. The molecule has 0 saturated carbocycles. The van der Waals surface area contributed by atoms with E-state index in [9.17, 15) is 4.79 Å². The van der Waals surface area contributed by atoms with Crippen LogP contribution >= 0.6 is 11.6 Å². The number of methoxy groups -OCH3 is 1. The second-order valence-electron chi connectivity index (χ2n) is 4.74. The number of hydrogen-bond acceptors (Lipinski definition) is 3. The standard InChI is InChI=1S/C14H18ClNO2/c1-9-12(5-6-16-9)13(17)8-10-7-11(15)3-4-14(10)18-2/h3-4,7,9,12,16H,5-6,8H2,1-2H3. The zero-order valence-electron chi connectivity index (χ0n) is 10.7. The summed E-state index contributed by atoms with van der Waals surface area (Å²) in [6, 6.07) is 5.66. The highest BCUT2D eigenvalue weighted by Crippen LogP contribution is 2.26. The average Bonchev–Trinajstić information content (AvgIpc) is 2.76. The minimum atomic E-state index is 0.105. The maximum absolute atomic E-state index is 12.3. The number of hydrogen-bond donors (Lipinski definition) is 1. The molecule has 0 radical (unpaired) electrons. The van der Waals surface area contributed by atoms with Crippen LogP contribution in [0.15, 0.2) is 18.2 Å². The van der Waals surface area contributed by atoms with Gasteiger partial charge in [0.25, 0.3) is 0 Å². The molecule has 1 aliphatic rings. The Labute approximate surface area is 112 Å². The van der Waals surface area contributed by atoms with Crippen LogP contribution in [-0.2, 0) is 11.2 Å². The first kappa shape index (κ1) is 13.4. The second-order valence-corrected chi connectivity index (χ2v) is 5.17. The van der Waals surface area contributed by atoms with Gasteiger partial charge >= 0.3 is 0 Å². The molecule has 1 aliphatic heterocycles. The zero-order valence-corrected chi connectivity index (χ0v) is 11.5. The van der Waals surface area contributed by atoms with Crippen LogP contribution in [0.1, 0.15) is 18.9 Å². The molecule has 1 aromatic carbocycles. The molecule has 0 bridgehead atoms. The second kappa shape index (κ2) is 5.72. The highest BCUT2D eigenvalue weighted by atomic mass is 35.5. The molecular formula is C14H18ClNO2. The SMILES string of the molecule is COc1ccc(Cl)cc1CC(=O)C1CCNC1C. The molecule has 1 N–H and O–H groups in total. The monoisotopic (exact) mass is 267 g/mol. The third kappa shape index (κ3) is 2.85. The summed E-state index contributed by atoms with van der Waals surface area (Å²) in [6.07, 6.45) is 1.31. The van der Waals surface area contributed by atoms with E-state index >= 15 is 0 Å². The van der Waals surface area contributed by atoms with Crippen molar-refractivity contribution in [3.63, 3.8) is 0 Å². The van der Waals surface area contributed by atoms with Gasteiger partial charge in [-0.05, 0) is 38.1 Å².